The zero-order chi connectivity index (χ0) is 6.30. The van der Waals surface area contributed by atoms with E-state index in [-0.39, 0.29) is 0 Å². The highest BCUT2D eigenvalue weighted by molar-refractivity contribution is 5.51. The molecule has 0 amide bonds. The zero-order valence-electron chi connectivity index (χ0n) is 6.30. The Bertz CT molecular complexity index is 254. The second-order valence-electron chi connectivity index (χ2n) is 5.65. The van der Waals surface area contributed by atoms with Gasteiger partial charge in [0.1, 0.15) is 0 Å². The minimum atomic E-state index is 0.962. The van der Waals surface area contributed by atoms with Gasteiger partial charge < -0.3 is 0 Å². The van der Waals surface area contributed by atoms with Crippen molar-refractivity contribution in [1.29, 1.82) is 0 Å². The van der Waals surface area contributed by atoms with Gasteiger partial charge in [-0.25, -0.2) is 0 Å². The molecule has 0 aromatic heterocycles. The SMILES string of the molecule is CC12C3C1C1CC4CC3C412. The smallest absolute Gasteiger partial charge is 0.0147 e. The molecule has 0 bridgehead atoms. The molecule has 0 heteroatoms. The van der Waals surface area contributed by atoms with Gasteiger partial charge in [0.25, 0.3) is 0 Å². The van der Waals surface area contributed by atoms with Crippen molar-refractivity contribution in [1.82, 2.24) is 0 Å². The summed E-state index contributed by atoms with van der Waals surface area (Å²) in [6.07, 6.45) is 3.29. The van der Waals surface area contributed by atoms with Crippen molar-refractivity contribution in [2.75, 3.05) is 0 Å². The Labute approximate surface area is 61.0 Å². The van der Waals surface area contributed by atoms with E-state index < -0.39 is 0 Å². The Hall–Kier alpha value is 0. The van der Waals surface area contributed by atoms with Crippen LogP contribution in [0.1, 0.15) is 19.8 Å². The number of rotatable bonds is 0. The maximum Gasteiger partial charge on any atom is -0.0147 e. The van der Waals surface area contributed by atoms with E-state index in [9.17, 15) is 0 Å². The molecule has 0 aromatic carbocycles. The maximum absolute atomic E-state index is 2.58. The number of hydrogen-bond acceptors (Lipinski definition) is 0. The fourth-order valence-electron chi connectivity index (χ4n) is 6.48. The third kappa shape index (κ3) is 0.121. The summed E-state index contributed by atoms with van der Waals surface area (Å²) >= 11 is 0. The highest BCUT2D eigenvalue weighted by Gasteiger charge is 3.04. The van der Waals surface area contributed by atoms with Crippen molar-refractivity contribution >= 4 is 0 Å². The predicted octanol–water partition coefficient (Wildman–Crippen LogP) is 1.91. The molecule has 0 aliphatic heterocycles. The molecule has 4 atom stereocenters. The Morgan fingerprint density at radius 3 is 2.00 bits per heavy atom. The average molecular weight is 132 g/mol. The van der Waals surface area contributed by atoms with Crippen molar-refractivity contribution in [2.45, 2.75) is 19.8 Å². The van der Waals surface area contributed by atoms with E-state index in [1.54, 1.807) is 12.8 Å². The molecule has 5 rings (SSSR count). The van der Waals surface area contributed by atoms with Crippen LogP contribution in [0.3, 0.4) is 0 Å². The van der Waals surface area contributed by atoms with Crippen LogP contribution < -0.4 is 0 Å². The number of hydrogen-bond donors (Lipinski definition) is 0. The van der Waals surface area contributed by atoms with Gasteiger partial charge in [-0.2, -0.15) is 0 Å². The highest BCUT2D eigenvalue weighted by atomic mass is 15.1. The molecular weight excluding hydrogens is 120 g/mol. The van der Waals surface area contributed by atoms with E-state index in [1.165, 1.54) is 29.6 Å². The Morgan fingerprint density at radius 1 is 1.10 bits per heavy atom. The molecule has 10 heavy (non-hydrogen) atoms. The van der Waals surface area contributed by atoms with Crippen molar-refractivity contribution in [2.24, 2.45) is 40.4 Å². The van der Waals surface area contributed by atoms with E-state index in [4.69, 9.17) is 0 Å². The maximum atomic E-state index is 2.58. The van der Waals surface area contributed by atoms with Crippen LogP contribution in [-0.4, -0.2) is 0 Å². The van der Waals surface area contributed by atoms with Gasteiger partial charge in [0.15, 0.2) is 0 Å². The first-order valence-corrected chi connectivity index (χ1v) is 4.83. The van der Waals surface area contributed by atoms with Crippen LogP contribution in [0.15, 0.2) is 0 Å². The van der Waals surface area contributed by atoms with E-state index in [0.717, 1.165) is 10.8 Å². The Kier molecular flexibility index (Phi) is 0.283. The van der Waals surface area contributed by atoms with Gasteiger partial charge in [-0.3, -0.25) is 0 Å². The first kappa shape index (κ1) is 4.13. The van der Waals surface area contributed by atoms with Crippen LogP contribution >= 0.6 is 0 Å². The van der Waals surface area contributed by atoms with E-state index in [2.05, 4.69) is 6.92 Å². The molecule has 52 valence electrons. The summed E-state index contributed by atoms with van der Waals surface area (Å²) in [6.45, 7) is 2.58. The van der Waals surface area contributed by atoms with Crippen molar-refractivity contribution < 1.29 is 0 Å². The molecular formula is C10H12. The molecule has 5 saturated carbocycles. The Balaban J connectivity index is 1.91. The van der Waals surface area contributed by atoms with Gasteiger partial charge in [0.05, 0.1) is 0 Å². The molecule has 5 aliphatic rings. The van der Waals surface area contributed by atoms with Crippen LogP contribution in [-0.2, 0) is 0 Å². The third-order valence-corrected chi connectivity index (χ3v) is 6.44. The molecule has 0 radical (unpaired) electrons. The lowest BCUT2D eigenvalue weighted by molar-refractivity contribution is -0.335. The lowest BCUT2D eigenvalue weighted by Crippen LogP contribution is -2.76. The predicted molar refractivity (Wildman–Crippen MR) is 37.2 cm³/mol. The van der Waals surface area contributed by atoms with Gasteiger partial charge in [0.2, 0.25) is 0 Å². The van der Waals surface area contributed by atoms with Crippen LogP contribution in [0, 0.1) is 40.4 Å². The van der Waals surface area contributed by atoms with Crippen LogP contribution in [0.4, 0.5) is 0 Å². The van der Waals surface area contributed by atoms with Gasteiger partial charge in [-0.1, -0.05) is 6.92 Å². The largest absolute Gasteiger partial charge is 0.0585 e. The van der Waals surface area contributed by atoms with Gasteiger partial charge in [-0.05, 0) is 53.3 Å². The lowest BCUT2D eigenvalue weighted by Gasteiger charge is -2.81. The Morgan fingerprint density at radius 2 is 1.70 bits per heavy atom. The second kappa shape index (κ2) is 0.685. The minimum absolute atomic E-state index is 0.962. The van der Waals surface area contributed by atoms with E-state index in [0.29, 0.717) is 0 Å². The summed E-state index contributed by atoms with van der Waals surface area (Å²) in [5, 5.41) is 0. The normalized spacial score (nSPS) is 97.5. The fraction of sp³-hybridized carbons (Fsp3) is 1.00. The van der Waals surface area contributed by atoms with Crippen molar-refractivity contribution in [3.63, 3.8) is 0 Å². The molecule has 5 aliphatic carbocycles. The second-order valence-corrected chi connectivity index (χ2v) is 5.65. The molecule has 0 nitrogen and oxygen atoms in total. The summed E-state index contributed by atoms with van der Waals surface area (Å²) in [6, 6.07) is 0. The molecule has 0 heterocycles. The fourth-order valence-corrected chi connectivity index (χ4v) is 6.48. The highest BCUT2D eigenvalue weighted by Crippen LogP contribution is 3.08. The standard InChI is InChI=1S/C10H12/c1-9-7-5-2-4-3-6(8(7)9)10(4,5)9/h4-8H,2-3H2,1H3. The molecule has 4 unspecified atom stereocenters. The van der Waals surface area contributed by atoms with E-state index >= 15 is 0 Å². The summed E-state index contributed by atoms with van der Waals surface area (Å²) in [7, 11) is 0. The molecule has 0 N–H and O–H groups in total. The topological polar surface area (TPSA) is 0 Å². The van der Waals surface area contributed by atoms with Crippen LogP contribution in [0.25, 0.3) is 0 Å². The minimum Gasteiger partial charge on any atom is -0.0585 e. The molecule has 5 fully saturated rings. The molecule has 0 saturated heterocycles. The quantitative estimate of drug-likeness (QED) is 0.472. The van der Waals surface area contributed by atoms with E-state index in [1.807, 2.05) is 0 Å². The first-order chi connectivity index (χ1) is 4.83. The summed E-state index contributed by atoms with van der Waals surface area (Å²) in [5.74, 6) is 6.30. The number of fused-ring (bicyclic) bond motifs is 3. The van der Waals surface area contributed by atoms with Crippen LogP contribution in [0.5, 0.6) is 0 Å². The molecule has 1 spiro atoms. The van der Waals surface area contributed by atoms with Gasteiger partial charge in [0, 0.05) is 0 Å². The average Bonchev–Trinajstić information content (AvgIpc) is 2.30. The van der Waals surface area contributed by atoms with Gasteiger partial charge in [-0.15, -0.1) is 0 Å². The van der Waals surface area contributed by atoms with Crippen molar-refractivity contribution in [3.8, 4) is 0 Å². The van der Waals surface area contributed by atoms with Gasteiger partial charge >= 0.3 is 0 Å². The zero-order valence-corrected chi connectivity index (χ0v) is 6.30. The first-order valence-electron chi connectivity index (χ1n) is 4.83. The summed E-state index contributed by atoms with van der Waals surface area (Å²) in [5.41, 5.74) is 1.99. The van der Waals surface area contributed by atoms with Crippen LogP contribution in [0.2, 0.25) is 0 Å². The monoisotopic (exact) mass is 132 g/mol. The lowest BCUT2D eigenvalue weighted by atomic mass is 9.23. The summed E-state index contributed by atoms with van der Waals surface area (Å²) in [4.78, 5) is 0. The van der Waals surface area contributed by atoms with Crippen molar-refractivity contribution in [3.05, 3.63) is 0 Å². The molecule has 0 aromatic rings. The summed E-state index contributed by atoms with van der Waals surface area (Å²) < 4.78 is 0. The third-order valence-electron chi connectivity index (χ3n) is 6.44.